The molecule has 1 N–H and O–H groups in total. The fourth-order valence-corrected chi connectivity index (χ4v) is 3.03. The molecule has 3 rings (SSSR count). The molecule has 0 radical (unpaired) electrons. The van der Waals surface area contributed by atoms with Gasteiger partial charge in [0.15, 0.2) is 0 Å². The van der Waals surface area contributed by atoms with Gasteiger partial charge >= 0.3 is 5.97 Å². The van der Waals surface area contributed by atoms with Gasteiger partial charge in [0.2, 0.25) is 0 Å². The van der Waals surface area contributed by atoms with E-state index in [9.17, 15) is 4.79 Å². The molecule has 1 unspecified atom stereocenters. The number of ether oxygens (including phenoxy) is 1. The number of methoxy groups -OCH3 is 1. The van der Waals surface area contributed by atoms with Crippen molar-refractivity contribution >= 4 is 17.0 Å². The van der Waals surface area contributed by atoms with E-state index in [1.54, 1.807) is 0 Å². The number of likely N-dealkylation sites (tertiary alicyclic amines) is 1. The molecular weight excluding hydrogens is 266 g/mol. The van der Waals surface area contributed by atoms with Crippen LogP contribution in [0.2, 0.25) is 0 Å². The quantitative estimate of drug-likeness (QED) is 0.881. The van der Waals surface area contributed by atoms with Gasteiger partial charge < -0.3 is 9.72 Å². The van der Waals surface area contributed by atoms with Gasteiger partial charge in [0.1, 0.15) is 5.82 Å². The molecule has 1 fully saturated rings. The van der Waals surface area contributed by atoms with Gasteiger partial charge in [0, 0.05) is 0 Å². The van der Waals surface area contributed by atoms with Crippen LogP contribution in [0.1, 0.15) is 31.6 Å². The van der Waals surface area contributed by atoms with Crippen molar-refractivity contribution in [2.75, 3.05) is 20.2 Å². The molecule has 0 saturated carbocycles. The summed E-state index contributed by atoms with van der Waals surface area (Å²) in [5, 5.41) is 0. The standard InChI is InChI=1S/C16H21N3O2/c1-11(15-17-13-5-3-4-6-14(13)18-15)19-9-7-12(8-10-19)16(20)21-2/h3-6,11-12H,7-10H2,1-2H3,(H,17,18). The summed E-state index contributed by atoms with van der Waals surface area (Å²) in [5.74, 6) is 0.966. The number of esters is 1. The van der Waals surface area contributed by atoms with Crippen molar-refractivity contribution in [2.45, 2.75) is 25.8 Å². The van der Waals surface area contributed by atoms with Crippen molar-refractivity contribution in [1.82, 2.24) is 14.9 Å². The van der Waals surface area contributed by atoms with Crippen LogP contribution in [0.3, 0.4) is 0 Å². The molecule has 2 aromatic rings. The van der Waals surface area contributed by atoms with E-state index in [1.807, 2.05) is 24.3 Å². The molecule has 2 heterocycles. The summed E-state index contributed by atoms with van der Waals surface area (Å²) >= 11 is 0. The van der Waals surface area contributed by atoms with E-state index in [1.165, 1.54) is 7.11 Å². The average molecular weight is 287 g/mol. The van der Waals surface area contributed by atoms with Crippen LogP contribution in [-0.4, -0.2) is 41.0 Å². The van der Waals surface area contributed by atoms with Gasteiger partial charge in [-0.15, -0.1) is 0 Å². The van der Waals surface area contributed by atoms with E-state index in [2.05, 4.69) is 21.8 Å². The summed E-state index contributed by atoms with van der Waals surface area (Å²) in [4.78, 5) is 22.0. The summed E-state index contributed by atoms with van der Waals surface area (Å²) in [6, 6.07) is 8.31. The number of hydrogen-bond donors (Lipinski definition) is 1. The third kappa shape index (κ3) is 2.78. The van der Waals surface area contributed by atoms with Crippen LogP contribution in [0.4, 0.5) is 0 Å². The first-order valence-corrected chi connectivity index (χ1v) is 7.45. The van der Waals surface area contributed by atoms with Crippen LogP contribution in [0.25, 0.3) is 11.0 Å². The molecule has 0 amide bonds. The number of carbonyl (C=O) groups is 1. The highest BCUT2D eigenvalue weighted by Gasteiger charge is 2.29. The van der Waals surface area contributed by atoms with Gasteiger partial charge in [0.25, 0.3) is 0 Å². The summed E-state index contributed by atoms with van der Waals surface area (Å²) in [6.07, 6.45) is 1.72. The zero-order valence-electron chi connectivity index (χ0n) is 12.5. The van der Waals surface area contributed by atoms with Crippen LogP contribution >= 0.6 is 0 Å². The maximum atomic E-state index is 11.6. The highest BCUT2D eigenvalue weighted by molar-refractivity contribution is 5.74. The lowest BCUT2D eigenvalue weighted by Gasteiger charge is -2.34. The number of fused-ring (bicyclic) bond motifs is 1. The van der Waals surface area contributed by atoms with Gasteiger partial charge in [-0.05, 0) is 45.0 Å². The number of rotatable bonds is 3. The van der Waals surface area contributed by atoms with Crippen molar-refractivity contribution in [1.29, 1.82) is 0 Å². The average Bonchev–Trinajstić information content (AvgIpc) is 2.97. The van der Waals surface area contributed by atoms with Crippen LogP contribution in [0.15, 0.2) is 24.3 Å². The Morgan fingerprint density at radius 2 is 2.10 bits per heavy atom. The first-order valence-electron chi connectivity index (χ1n) is 7.45. The van der Waals surface area contributed by atoms with E-state index in [0.29, 0.717) is 0 Å². The third-order valence-corrected chi connectivity index (χ3v) is 4.42. The molecule has 5 heteroatoms. The van der Waals surface area contributed by atoms with Crippen LogP contribution < -0.4 is 0 Å². The van der Waals surface area contributed by atoms with Crippen LogP contribution in [-0.2, 0) is 9.53 Å². The molecule has 5 nitrogen and oxygen atoms in total. The smallest absolute Gasteiger partial charge is 0.308 e. The predicted molar refractivity (Wildman–Crippen MR) is 80.8 cm³/mol. The van der Waals surface area contributed by atoms with Crippen LogP contribution in [0, 0.1) is 5.92 Å². The van der Waals surface area contributed by atoms with E-state index in [0.717, 1.165) is 42.8 Å². The lowest BCUT2D eigenvalue weighted by atomic mass is 9.96. The van der Waals surface area contributed by atoms with E-state index < -0.39 is 0 Å². The molecule has 0 bridgehead atoms. The summed E-state index contributed by atoms with van der Waals surface area (Å²) in [7, 11) is 1.46. The highest BCUT2D eigenvalue weighted by Crippen LogP contribution is 2.26. The Morgan fingerprint density at radius 3 is 2.76 bits per heavy atom. The summed E-state index contributed by atoms with van der Waals surface area (Å²) < 4.78 is 4.83. The second kappa shape index (κ2) is 5.85. The Balaban J connectivity index is 1.68. The number of nitrogens with one attached hydrogen (secondary N) is 1. The van der Waals surface area contributed by atoms with E-state index in [-0.39, 0.29) is 17.9 Å². The van der Waals surface area contributed by atoms with E-state index in [4.69, 9.17) is 4.74 Å². The maximum Gasteiger partial charge on any atom is 0.308 e. The first kappa shape index (κ1) is 14.1. The number of nitrogens with zero attached hydrogens (tertiary/aromatic N) is 2. The topological polar surface area (TPSA) is 58.2 Å². The number of para-hydroxylation sites is 2. The molecule has 0 spiro atoms. The Kier molecular flexibility index (Phi) is 3.92. The van der Waals surface area contributed by atoms with Crippen molar-refractivity contribution in [3.05, 3.63) is 30.1 Å². The van der Waals surface area contributed by atoms with Gasteiger partial charge in [0.05, 0.1) is 30.1 Å². The Bertz CT molecular complexity index is 596. The van der Waals surface area contributed by atoms with Gasteiger partial charge in [-0.2, -0.15) is 0 Å². The van der Waals surface area contributed by atoms with Crippen LogP contribution in [0.5, 0.6) is 0 Å². The number of hydrogen-bond acceptors (Lipinski definition) is 4. The molecule has 1 saturated heterocycles. The monoisotopic (exact) mass is 287 g/mol. The molecule has 112 valence electrons. The van der Waals surface area contributed by atoms with Crippen molar-refractivity contribution in [2.24, 2.45) is 5.92 Å². The molecule has 1 aromatic carbocycles. The number of H-pyrrole nitrogens is 1. The minimum absolute atomic E-state index is 0.0501. The molecule has 21 heavy (non-hydrogen) atoms. The number of imidazole rings is 1. The Labute approximate surface area is 124 Å². The predicted octanol–water partition coefficient (Wildman–Crippen LogP) is 2.51. The normalized spacial score (nSPS) is 18.8. The van der Waals surface area contributed by atoms with Crippen molar-refractivity contribution < 1.29 is 9.53 Å². The lowest BCUT2D eigenvalue weighted by molar-refractivity contribution is -0.147. The molecule has 1 aromatic heterocycles. The highest BCUT2D eigenvalue weighted by atomic mass is 16.5. The fraction of sp³-hybridized carbons (Fsp3) is 0.500. The zero-order chi connectivity index (χ0) is 14.8. The maximum absolute atomic E-state index is 11.6. The minimum Gasteiger partial charge on any atom is -0.469 e. The Hall–Kier alpha value is -1.88. The van der Waals surface area contributed by atoms with E-state index >= 15 is 0 Å². The van der Waals surface area contributed by atoms with Gasteiger partial charge in [-0.3, -0.25) is 9.69 Å². The molecular formula is C16H21N3O2. The minimum atomic E-state index is -0.0777. The third-order valence-electron chi connectivity index (χ3n) is 4.42. The number of carbonyl (C=O) groups excluding carboxylic acids is 1. The second-order valence-electron chi connectivity index (χ2n) is 5.65. The Morgan fingerprint density at radius 1 is 1.38 bits per heavy atom. The number of piperidine rings is 1. The molecule has 1 aliphatic heterocycles. The number of benzene rings is 1. The molecule has 1 atom stereocenters. The largest absolute Gasteiger partial charge is 0.469 e. The van der Waals surface area contributed by atoms with Gasteiger partial charge in [-0.1, -0.05) is 12.1 Å². The zero-order valence-corrected chi connectivity index (χ0v) is 12.5. The number of aromatic amines is 1. The summed E-state index contributed by atoms with van der Waals surface area (Å²) in [6.45, 7) is 3.96. The number of aromatic nitrogens is 2. The first-order chi connectivity index (χ1) is 10.2. The summed E-state index contributed by atoms with van der Waals surface area (Å²) in [5.41, 5.74) is 2.08. The fourth-order valence-electron chi connectivity index (χ4n) is 3.03. The molecule has 0 aliphatic carbocycles. The van der Waals surface area contributed by atoms with Crippen molar-refractivity contribution in [3.63, 3.8) is 0 Å². The second-order valence-corrected chi connectivity index (χ2v) is 5.65. The lowest BCUT2D eigenvalue weighted by Crippen LogP contribution is -2.38. The van der Waals surface area contributed by atoms with Gasteiger partial charge in [-0.25, -0.2) is 4.98 Å². The SMILES string of the molecule is COC(=O)C1CCN(C(C)c2nc3ccccc3[nH]2)CC1. The van der Waals surface area contributed by atoms with Crippen molar-refractivity contribution in [3.8, 4) is 0 Å². The molecule has 1 aliphatic rings.